The molecule has 1 aromatic heterocycles. The zero-order chi connectivity index (χ0) is 15.4. The Morgan fingerprint density at radius 1 is 1.24 bits per heavy atom. The van der Waals surface area contributed by atoms with Crippen molar-refractivity contribution >= 4 is 33.4 Å². The third-order valence-corrected chi connectivity index (χ3v) is 3.19. The average Bonchev–Trinajstić information content (AvgIpc) is 2.47. The number of carbonyl (C=O) groups is 2. The molecule has 0 bridgehead atoms. The first-order valence-corrected chi connectivity index (χ1v) is 6.71. The maximum absolute atomic E-state index is 12.1. The number of benzene rings is 1. The van der Waals surface area contributed by atoms with Crippen molar-refractivity contribution < 1.29 is 14.3 Å². The van der Waals surface area contributed by atoms with Gasteiger partial charge in [0.1, 0.15) is 10.4 Å². The topological polar surface area (TPSA) is 94.3 Å². The summed E-state index contributed by atoms with van der Waals surface area (Å²) in [6.45, 7) is 0. The van der Waals surface area contributed by atoms with Crippen LogP contribution in [-0.2, 0) is 0 Å². The first kappa shape index (κ1) is 15.0. The summed E-state index contributed by atoms with van der Waals surface area (Å²) in [4.78, 5) is 27.3. The molecule has 2 amide bonds. The molecule has 0 radical (unpaired) electrons. The normalized spacial score (nSPS) is 10.0. The van der Waals surface area contributed by atoms with Gasteiger partial charge in [-0.25, -0.2) is 4.98 Å². The van der Waals surface area contributed by atoms with Crippen LogP contribution in [0.4, 0.5) is 5.69 Å². The fourth-order valence-corrected chi connectivity index (χ4v) is 1.90. The van der Waals surface area contributed by atoms with Crippen molar-refractivity contribution in [1.82, 2.24) is 4.98 Å². The van der Waals surface area contributed by atoms with E-state index in [-0.39, 0.29) is 11.5 Å². The van der Waals surface area contributed by atoms with Crippen LogP contribution in [0.2, 0.25) is 0 Å². The second-order valence-corrected chi connectivity index (χ2v) is 4.92. The van der Waals surface area contributed by atoms with Crippen LogP contribution in [-0.4, -0.2) is 23.9 Å². The molecule has 0 aliphatic heterocycles. The number of nitrogens with one attached hydrogen (secondary N) is 1. The first-order valence-electron chi connectivity index (χ1n) is 5.92. The third kappa shape index (κ3) is 3.57. The van der Waals surface area contributed by atoms with Gasteiger partial charge in [-0.1, -0.05) is 0 Å². The lowest BCUT2D eigenvalue weighted by Gasteiger charge is -2.11. The summed E-state index contributed by atoms with van der Waals surface area (Å²) >= 11 is 3.20. The SMILES string of the molecule is COc1ccc(C(N)=O)cc1NC(=O)c1ccc(Br)nc1. The number of hydrogen-bond acceptors (Lipinski definition) is 4. The van der Waals surface area contributed by atoms with Crippen molar-refractivity contribution in [2.24, 2.45) is 5.73 Å². The first-order chi connectivity index (χ1) is 10.0. The molecule has 0 saturated heterocycles. The van der Waals surface area contributed by atoms with E-state index in [1.54, 1.807) is 18.2 Å². The highest BCUT2D eigenvalue weighted by Gasteiger charge is 2.12. The number of rotatable bonds is 4. The van der Waals surface area contributed by atoms with Crippen molar-refractivity contribution in [3.8, 4) is 5.75 Å². The Hall–Kier alpha value is -2.41. The number of hydrogen-bond donors (Lipinski definition) is 2. The zero-order valence-corrected chi connectivity index (χ0v) is 12.7. The summed E-state index contributed by atoms with van der Waals surface area (Å²) in [6, 6.07) is 7.84. The molecule has 1 aromatic carbocycles. The van der Waals surface area contributed by atoms with Crippen LogP contribution in [0, 0.1) is 0 Å². The fourth-order valence-electron chi connectivity index (χ4n) is 1.66. The van der Waals surface area contributed by atoms with E-state index in [0.29, 0.717) is 21.6 Å². The lowest BCUT2D eigenvalue weighted by molar-refractivity contribution is 0.0996. The third-order valence-electron chi connectivity index (χ3n) is 2.72. The van der Waals surface area contributed by atoms with Gasteiger partial charge in [0.15, 0.2) is 0 Å². The van der Waals surface area contributed by atoms with E-state index in [1.165, 1.54) is 25.4 Å². The molecular weight excluding hydrogens is 338 g/mol. The largest absolute Gasteiger partial charge is 0.495 e. The van der Waals surface area contributed by atoms with Crippen molar-refractivity contribution in [2.45, 2.75) is 0 Å². The highest BCUT2D eigenvalue weighted by Crippen LogP contribution is 2.26. The lowest BCUT2D eigenvalue weighted by Crippen LogP contribution is -2.15. The minimum Gasteiger partial charge on any atom is -0.495 e. The predicted octanol–water partition coefficient (Wildman–Crippen LogP) is 2.20. The average molecular weight is 350 g/mol. The van der Waals surface area contributed by atoms with Crippen LogP contribution >= 0.6 is 15.9 Å². The summed E-state index contributed by atoms with van der Waals surface area (Å²) in [5, 5.41) is 2.67. The van der Waals surface area contributed by atoms with E-state index in [9.17, 15) is 9.59 Å². The van der Waals surface area contributed by atoms with Crippen LogP contribution in [0.25, 0.3) is 0 Å². The number of aromatic nitrogens is 1. The minimum absolute atomic E-state index is 0.278. The molecule has 0 fully saturated rings. The van der Waals surface area contributed by atoms with E-state index in [2.05, 4.69) is 26.2 Å². The number of anilines is 1. The summed E-state index contributed by atoms with van der Waals surface area (Å²) in [5.74, 6) is -0.521. The molecule has 0 saturated carbocycles. The van der Waals surface area contributed by atoms with Gasteiger partial charge in [0.2, 0.25) is 5.91 Å². The number of carbonyl (C=O) groups excluding carboxylic acids is 2. The molecule has 108 valence electrons. The van der Waals surface area contributed by atoms with Gasteiger partial charge in [-0.3, -0.25) is 9.59 Å². The highest BCUT2D eigenvalue weighted by molar-refractivity contribution is 9.10. The maximum atomic E-state index is 12.1. The number of primary amides is 1. The number of amides is 2. The Bertz CT molecular complexity index is 686. The van der Waals surface area contributed by atoms with Crippen LogP contribution in [0.5, 0.6) is 5.75 Å². The fraction of sp³-hybridized carbons (Fsp3) is 0.0714. The van der Waals surface area contributed by atoms with Crippen molar-refractivity contribution in [3.63, 3.8) is 0 Å². The number of halogens is 1. The quantitative estimate of drug-likeness (QED) is 0.827. The van der Waals surface area contributed by atoms with Crippen molar-refractivity contribution in [3.05, 3.63) is 52.3 Å². The Balaban J connectivity index is 2.29. The van der Waals surface area contributed by atoms with Gasteiger partial charge in [-0.15, -0.1) is 0 Å². The van der Waals surface area contributed by atoms with Gasteiger partial charge in [-0.2, -0.15) is 0 Å². The second-order valence-electron chi connectivity index (χ2n) is 4.10. The van der Waals surface area contributed by atoms with Gasteiger partial charge in [-0.05, 0) is 46.3 Å². The predicted molar refractivity (Wildman–Crippen MR) is 81.4 cm³/mol. The van der Waals surface area contributed by atoms with E-state index >= 15 is 0 Å². The molecule has 0 spiro atoms. The monoisotopic (exact) mass is 349 g/mol. The number of methoxy groups -OCH3 is 1. The molecule has 21 heavy (non-hydrogen) atoms. The maximum Gasteiger partial charge on any atom is 0.257 e. The number of nitrogens with zero attached hydrogens (tertiary/aromatic N) is 1. The molecule has 0 unspecified atom stereocenters. The van der Waals surface area contributed by atoms with Crippen molar-refractivity contribution in [2.75, 3.05) is 12.4 Å². The van der Waals surface area contributed by atoms with Gasteiger partial charge in [0.05, 0.1) is 18.4 Å². The molecule has 1 heterocycles. The number of nitrogens with two attached hydrogens (primary N) is 1. The smallest absolute Gasteiger partial charge is 0.257 e. The van der Waals surface area contributed by atoms with Crippen LogP contribution in [0.3, 0.4) is 0 Å². The van der Waals surface area contributed by atoms with E-state index in [1.807, 2.05) is 0 Å². The summed E-state index contributed by atoms with van der Waals surface area (Å²) in [6.07, 6.45) is 1.43. The zero-order valence-electron chi connectivity index (χ0n) is 11.1. The molecule has 3 N–H and O–H groups in total. The van der Waals surface area contributed by atoms with Gasteiger partial charge in [0, 0.05) is 11.8 Å². The molecule has 0 aliphatic rings. The van der Waals surface area contributed by atoms with E-state index in [0.717, 1.165) is 0 Å². The highest BCUT2D eigenvalue weighted by atomic mass is 79.9. The molecular formula is C14H12BrN3O3. The summed E-state index contributed by atoms with van der Waals surface area (Å²) in [5.41, 5.74) is 6.24. The number of ether oxygens (including phenoxy) is 1. The Morgan fingerprint density at radius 2 is 1.95 bits per heavy atom. The van der Waals surface area contributed by atoms with Crippen molar-refractivity contribution in [1.29, 1.82) is 0 Å². The molecule has 2 aromatic rings. The van der Waals surface area contributed by atoms with Gasteiger partial charge < -0.3 is 15.8 Å². The molecule has 6 nitrogen and oxygen atoms in total. The Morgan fingerprint density at radius 3 is 2.52 bits per heavy atom. The molecule has 2 rings (SSSR count). The van der Waals surface area contributed by atoms with Gasteiger partial charge in [0.25, 0.3) is 5.91 Å². The van der Waals surface area contributed by atoms with Gasteiger partial charge >= 0.3 is 0 Å². The molecule has 7 heteroatoms. The standard InChI is InChI=1S/C14H12BrN3O3/c1-21-11-4-2-8(13(16)19)6-10(11)18-14(20)9-3-5-12(15)17-7-9/h2-7H,1H3,(H2,16,19)(H,18,20). The van der Waals surface area contributed by atoms with E-state index in [4.69, 9.17) is 10.5 Å². The van der Waals surface area contributed by atoms with E-state index < -0.39 is 5.91 Å². The van der Waals surface area contributed by atoms with Crippen LogP contribution in [0.15, 0.2) is 41.1 Å². The molecule has 0 atom stereocenters. The van der Waals surface area contributed by atoms with Crippen LogP contribution in [0.1, 0.15) is 20.7 Å². The number of pyridine rings is 1. The Kier molecular flexibility index (Phi) is 4.54. The summed E-state index contributed by atoms with van der Waals surface area (Å²) < 4.78 is 5.78. The minimum atomic E-state index is -0.585. The second kappa shape index (κ2) is 6.36. The van der Waals surface area contributed by atoms with Crippen LogP contribution < -0.4 is 15.8 Å². The summed E-state index contributed by atoms with van der Waals surface area (Å²) in [7, 11) is 1.47. The lowest BCUT2D eigenvalue weighted by atomic mass is 10.1. The molecule has 0 aliphatic carbocycles. The Labute approximate surface area is 129 Å².